The van der Waals surface area contributed by atoms with Gasteiger partial charge in [-0.1, -0.05) is 25.0 Å². The van der Waals surface area contributed by atoms with Crippen molar-refractivity contribution in [1.82, 2.24) is 5.32 Å². The van der Waals surface area contributed by atoms with Crippen LogP contribution >= 0.6 is 0 Å². The highest BCUT2D eigenvalue weighted by atomic mass is 19.1. The number of likely N-dealkylation sites (N-methyl/N-ethyl adjacent to an activating group) is 1. The molecule has 3 heteroatoms. The first-order valence-corrected chi connectivity index (χ1v) is 5.67. The molecule has 1 fully saturated rings. The van der Waals surface area contributed by atoms with E-state index in [1.807, 2.05) is 0 Å². The highest BCUT2D eigenvalue weighted by molar-refractivity contribution is 5.88. The second-order valence-electron chi connectivity index (χ2n) is 4.38. The molecule has 1 amide bonds. The first kappa shape index (κ1) is 11.1. The molecular weight excluding hydrogens is 205 g/mol. The monoisotopic (exact) mass is 221 g/mol. The van der Waals surface area contributed by atoms with Crippen LogP contribution in [0.3, 0.4) is 0 Å². The number of hydrogen-bond donors (Lipinski definition) is 1. The van der Waals surface area contributed by atoms with Crippen LogP contribution in [0.15, 0.2) is 24.3 Å². The van der Waals surface area contributed by atoms with Gasteiger partial charge in [-0.15, -0.1) is 0 Å². The van der Waals surface area contributed by atoms with E-state index in [0.29, 0.717) is 0 Å². The predicted molar refractivity (Wildman–Crippen MR) is 60.6 cm³/mol. The van der Waals surface area contributed by atoms with E-state index in [1.54, 1.807) is 19.2 Å². The van der Waals surface area contributed by atoms with Crippen molar-refractivity contribution in [3.8, 4) is 0 Å². The van der Waals surface area contributed by atoms with E-state index in [9.17, 15) is 9.18 Å². The Morgan fingerprint density at radius 2 is 1.81 bits per heavy atom. The van der Waals surface area contributed by atoms with E-state index in [0.717, 1.165) is 31.2 Å². The van der Waals surface area contributed by atoms with Crippen LogP contribution in [0.4, 0.5) is 4.39 Å². The van der Waals surface area contributed by atoms with Crippen molar-refractivity contribution in [2.75, 3.05) is 7.05 Å². The van der Waals surface area contributed by atoms with Crippen LogP contribution in [0.1, 0.15) is 31.2 Å². The van der Waals surface area contributed by atoms with Crippen molar-refractivity contribution in [1.29, 1.82) is 0 Å². The minimum atomic E-state index is -0.428. The summed E-state index contributed by atoms with van der Waals surface area (Å²) >= 11 is 0. The topological polar surface area (TPSA) is 29.1 Å². The van der Waals surface area contributed by atoms with Gasteiger partial charge in [-0.05, 0) is 30.5 Å². The fraction of sp³-hybridized carbons (Fsp3) is 0.462. The maximum absolute atomic E-state index is 12.9. The van der Waals surface area contributed by atoms with Gasteiger partial charge in [0.1, 0.15) is 5.82 Å². The Morgan fingerprint density at radius 3 is 2.31 bits per heavy atom. The molecule has 1 aromatic carbocycles. The lowest BCUT2D eigenvalue weighted by Crippen LogP contribution is -2.40. The highest BCUT2D eigenvalue weighted by Crippen LogP contribution is 2.41. The van der Waals surface area contributed by atoms with E-state index in [2.05, 4.69) is 5.32 Å². The zero-order valence-electron chi connectivity index (χ0n) is 9.42. The summed E-state index contributed by atoms with van der Waals surface area (Å²) in [4.78, 5) is 12.0. The minimum absolute atomic E-state index is 0.0524. The molecule has 1 saturated carbocycles. The van der Waals surface area contributed by atoms with Gasteiger partial charge in [0.25, 0.3) is 0 Å². The number of carbonyl (C=O) groups is 1. The maximum atomic E-state index is 12.9. The van der Waals surface area contributed by atoms with E-state index in [-0.39, 0.29) is 11.7 Å². The van der Waals surface area contributed by atoms with Gasteiger partial charge < -0.3 is 5.32 Å². The van der Waals surface area contributed by atoms with Crippen molar-refractivity contribution in [2.24, 2.45) is 0 Å². The van der Waals surface area contributed by atoms with Gasteiger partial charge >= 0.3 is 0 Å². The number of halogens is 1. The lowest BCUT2D eigenvalue weighted by atomic mass is 9.78. The molecule has 0 saturated heterocycles. The molecule has 1 aliphatic rings. The lowest BCUT2D eigenvalue weighted by molar-refractivity contribution is -0.126. The van der Waals surface area contributed by atoms with E-state index >= 15 is 0 Å². The zero-order valence-corrected chi connectivity index (χ0v) is 9.42. The number of nitrogens with one attached hydrogen (secondary N) is 1. The molecule has 0 aliphatic heterocycles. The molecule has 0 atom stereocenters. The van der Waals surface area contributed by atoms with Crippen LogP contribution in [0.2, 0.25) is 0 Å². The fourth-order valence-corrected chi connectivity index (χ4v) is 2.63. The second-order valence-corrected chi connectivity index (χ2v) is 4.38. The summed E-state index contributed by atoms with van der Waals surface area (Å²) in [6.07, 6.45) is 3.84. The summed E-state index contributed by atoms with van der Waals surface area (Å²) in [6, 6.07) is 6.32. The molecule has 0 bridgehead atoms. The Labute approximate surface area is 94.9 Å². The van der Waals surface area contributed by atoms with Crippen LogP contribution in [0.25, 0.3) is 0 Å². The molecule has 16 heavy (non-hydrogen) atoms. The first-order valence-electron chi connectivity index (χ1n) is 5.67. The van der Waals surface area contributed by atoms with Gasteiger partial charge in [-0.25, -0.2) is 4.39 Å². The third-order valence-electron chi connectivity index (χ3n) is 3.52. The third-order valence-corrected chi connectivity index (χ3v) is 3.52. The van der Waals surface area contributed by atoms with Crippen molar-refractivity contribution >= 4 is 5.91 Å². The molecule has 0 spiro atoms. The van der Waals surface area contributed by atoms with E-state index in [4.69, 9.17) is 0 Å². The molecule has 1 aliphatic carbocycles. The van der Waals surface area contributed by atoms with Crippen molar-refractivity contribution in [3.63, 3.8) is 0 Å². The minimum Gasteiger partial charge on any atom is -0.358 e. The Balaban J connectivity index is 2.39. The van der Waals surface area contributed by atoms with Gasteiger partial charge in [-0.3, -0.25) is 4.79 Å². The molecule has 2 rings (SSSR count). The summed E-state index contributed by atoms with van der Waals surface area (Å²) in [6.45, 7) is 0. The van der Waals surface area contributed by atoms with Crippen LogP contribution in [-0.2, 0) is 10.2 Å². The Bertz CT molecular complexity index is 379. The molecular formula is C13H16FNO. The van der Waals surface area contributed by atoms with Crippen LogP contribution < -0.4 is 5.32 Å². The van der Waals surface area contributed by atoms with Crippen molar-refractivity contribution in [2.45, 2.75) is 31.1 Å². The standard InChI is InChI=1S/C13H16FNO/c1-15-12(16)13(8-2-3-9-13)10-4-6-11(14)7-5-10/h4-7H,2-3,8-9H2,1H3,(H,15,16). The number of carbonyl (C=O) groups excluding carboxylic acids is 1. The second kappa shape index (κ2) is 4.24. The average Bonchev–Trinajstić information content (AvgIpc) is 2.79. The molecule has 86 valence electrons. The highest BCUT2D eigenvalue weighted by Gasteiger charge is 2.41. The lowest BCUT2D eigenvalue weighted by Gasteiger charge is -2.27. The van der Waals surface area contributed by atoms with Gasteiger partial charge in [-0.2, -0.15) is 0 Å². The third kappa shape index (κ3) is 1.70. The van der Waals surface area contributed by atoms with Gasteiger partial charge in [0.2, 0.25) is 5.91 Å². The summed E-state index contributed by atoms with van der Waals surface area (Å²) in [7, 11) is 1.66. The zero-order chi connectivity index (χ0) is 11.6. The van der Waals surface area contributed by atoms with Crippen LogP contribution in [0, 0.1) is 5.82 Å². The summed E-state index contributed by atoms with van der Waals surface area (Å²) in [5.74, 6) is -0.203. The number of rotatable bonds is 2. The number of hydrogen-bond acceptors (Lipinski definition) is 1. The molecule has 0 heterocycles. The molecule has 1 aromatic rings. The summed E-state index contributed by atoms with van der Waals surface area (Å²) in [5, 5.41) is 2.73. The number of amides is 1. The maximum Gasteiger partial charge on any atom is 0.230 e. The van der Waals surface area contributed by atoms with Gasteiger partial charge in [0, 0.05) is 7.05 Å². The quantitative estimate of drug-likeness (QED) is 0.816. The summed E-state index contributed by atoms with van der Waals surface area (Å²) in [5.41, 5.74) is 0.508. The molecule has 0 unspecified atom stereocenters. The Hall–Kier alpha value is -1.38. The van der Waals surface area contributed by atoms with Crippen molar-refractivity contribution < 1.29 is 9.18 Å². The predicted octanol–water partition coefficient (Wildman–Crippen LogP) is 2.38. The molecule has 0 radical (unpaired) electrons. The van der Waals surface area contributed by atoms with Gasteiger partial charge in [0.05, 0.1) is 5.41 Å². The SMILES string of the molecule is CNC(=O)C1(c2ccc(F)cc2)CCCC1. The van der Waals surface area contributed by atoms with E-state index < -0.39 is 5.41 Å². The van der Waals surface area contributed by atoms with Crippen molar-refractivity contribution in [3.05, 3.63) is 35.6 Å². The molecule has 1 N–H and O–H groups in total. The summed E-state index contributed by atoms with van der Waals surface area (Å²) < 4.78 is 12.9. The van der Waals surface area contributed by atoms with Gasteiger partial charge in [0.15, 0.2) is 0 Å². The first-order chi connectivity index (χ1) is 7.69. The fourth-order valence-electron chi connectivity index (χ4n) is 2.63. The van der Waals surface area contributed by atoms with Crippen LogP contribution in [-0.4, -0.2) is 13.0 Å². The normalized spacial score (nSPS) is 18.4. The molecule has 0 aromatic heterocycles. The Kier molecular flexibility index (Phi) is 2.95. The molecule has 2 nitrogen and oxygen atoms in total. The van der Waals surface area contributed by atoms with E-state index in [1.165, 1.54) is 12.1 Å². The Morgan fingerprint density at radius 1 is 1.25 bits per heavy atom. The average molecular weight is 221 g/mol. The largest absolute Gasteiger partial charge is 0.358 e. The number of benzene rings is 1. The van der Waals surface area contributed by atoms with Crippen LogP contribution in [0.5, 0.6) is 0 Å². The smallest absolute Gasteiger partial charge is 0.230 e.